The van der Waals surface area contributed by atoms with E-state index in [1.165, 1.54) is 0 Å². The minimum absolute atomic E-state index is 0.131. The predicted molar refractivity (Wildman–Crippen MR) is 132 cm³/mol. The SMILES string of the molecule is CC1(N2CCC(c3cc4cc(NC(=O)Cc5cccnc5)ncc4cc3Cl)CC2)COCC1O. The number of anilines is 1. The quantitative estimate of drug-likeness (QED) is 0.577. The van der Waals surface area contributed by atoms with E-state index in [9.17, 15) is 9.90 Å². The number of hydrogen-bond donors (Lipinski definition) is 2. The standard InChI is InChI=1S/C26H29ClN4O3/c1-26(16-34-15-23(26)32)31-7-4-18(5-8-31)21-10-19-12-24(29-14-20(19)11-22(21)27)30-25(33)9-17-3-2-6-28-13-17/h2-3,6,10-14,18,23,32H,4-5,7-9,15-16H2,1H3,(H,29,30,33). The molecule has 4 heterocycles. The van der Waals surface area contributed by atoms with Crippen LogP contribution in [0, 0.1) is 0 Å². The molecule has 2 unspecified atom stereocenters. The summed E-state index contributed by atoms with van der Waals surface area (Å²) in [7, 11) is 0. The molecule has 0 bridgehead atoms. The number of pyridine rings is 2. The van der Waals surface area contributed by atoms with Crippen molar-refractivity contribution in [2.45, 2.75) is 43.7 Å². The normalized spacial score (nSPS) is 23.9. The highest BCUT2D eigenvalue weighted by Gasteiger charge is 2.45. The van der Waals surface area contributed by atoms with Gasteiger partial charge in [-0.15, -0.1) is 0 Å². The average Bonchev–Trinajstić information content (AvgIpc) is 3.18. The fourth-order valence-corrected chi connectivity index (χ4v) is 5.42. The lowest BCUT2D eigenvalue weighted by Crippen LogP contribution is -2.56. The van der Waals surface area contributed by atoms with Gasteiger partial charge >= 0.3 is 0 Å². The fraction of sp³-hybridized carbons (Fsp3) is 0.423. The smallest absolute Gasteiger partial charge is 0.230 e. The van der Waals surface area contributed by atoms with Gasteiger partial charge in [-0.2, -0.15) is 0 Å². The van der Waals surface area contributed by atoms with E-state index in [0.29, 0.717) is 24.9 Å². The summed E-state index contributed by atoms with van der Waals surface area (Å²) in [6.07, 6.45) is 6.85. The van der Waals surface area contributed by atoms with Crippen molar-refractivity contribution in [2.24, 2.45) is 0 Å². The molecule has 34 heavy (non-hydrogen) atoms. The first-order valence-electron chi connectivity index (χ1n) is 11.7. The summed E-state index contributed by atoms with van der Waals surface area (Å²) in [5, 5.41) is 16.0. The predicted octanol–water partition coefficient (Wildman–Crippen LogP) is 3.79. The number of ether oxygens (including phenoxy) is 1. The van der Waals surface area contributed by atoms with Crippen LogP contribution in [0.25, 0.3) is 10.8 Å². The lowest BCUT2D eigenvalue weighted by molar-refractivity contribution is -0.115. The second-order valence-electron chi connectivity index (χ2n) is 9.53. The third-order valence-electron chi connectivity index (χ3n) is 7.24. The Balaban J connectivity index is 1.30. The van der Waals surface area contributed by atoms with Crippen LogP contribution in [0.2, 0.25) is 5.02 Å². The van der Waals surface area contributed by atoms with Gasteiger partial charge in [0.25, 0.3) is 0 Å². The first-order valence-corrected chi connectivity index (χ1v) is 12.1. The van der Waals surface area contributed by atoms with E-state index in [-0.39, 0.29) is 17.9 Å². The number of benzene rings is 1. The number of amides is 1. The third kappa shape index (κ3) is 4.66. The highest BCUT2D eigenvalue weighted by atomic mass is 35.5. The van der Waals surface area contributed by atoms with Crippen LogP contribution in [0.15, 0.2) is 48.9 Å². The zero-order chi connectivity index (χ0) is 23.7. The summed E-state index contributed by atoms with van der Waals surface area (Å²) in [4.78, 5) is 23.2. The van der Waals surface area contributed by atoms with Gasteiger partial charge in [0.15, 0.2) is 0 Å². The lowest BCUT2D eigenvalue weighted by Gasteiger charge is -2.43. The number of nitrogens with one attached hydrogen (secondary N) is 1. The molecule has 0 radical (unpaired) electrons. The van der Waals surface area contributed by atoms with E-state index in [2.05, 4.69) is 33.2 Å². The topological polar surface area (TPSA) is 87.6 Å². The Morgan fingerprint density at radius 3 is 2.79 bits per heavy atom. The van der Waals surface area contributed by atoms with Crippen LogP contribution in [0.5, 0.6) is 0 Å². The highest BCUT2D eigenvalue weighted by Crippen LogP contribution is 2.38. The zero-order valence-corrected chi connectivity index (χ0v) is 20.0. The molecule has 2 aliphatic rings. The average molecular weight is 481 g/mol. The molecule has 1 amide bonds. The molecule has 2 fully saturated rings. The first-order chi connectivity index (χ1) is 16.4. The molecule has 2 saturated heterocycles. The number of hydrogen-bond acceptors (Lipinski definition) is 6. The maximum Gasteiger partial charge on any atom is 0.230 e. The van der Waals surface area contributed by atoms with Gasteiger partial charge in [0, 0.05) is 29.0 Å². The van der Waals surface area contributed by atoms with Crippen LogP contribution in [0.4, 0.5) is 5.82 Å². The van der Waals surface area contributed by atoms with Crippen molar-refractivity contribution in [3.05, 3.63) is 65.1 Å². The molecule has 7 nitrogen and oxygen atoms in total. The molecular formula is C26H29ClN4O3. The number of aliphatic hydroxyl groups excluding tert-OH is 1. The minimum Gasteiger partial charge on any atom is -0.389 e. The number of piperidine rings is 1. The molecule has 2 aromatic heterocycles. The molecule has 1 aromatic carbocycles. The van der Waals surface area contributed by atoms with Gasteiger partial charge in [-0.1, -0.05) is 17.7 Å². The van der Waals surface area contributed by atoms with E-state index >= 15 is 0 Å². The van der Waals surface area contributed by atoms with Gasteiger partial charge in [0.1, 0.15) is 5.82 Å². The Morgan fingerprint density at radius 1 is 1.26 bits per heavy atom. The summed E-state index contributed by atoms with van der Waals surface area (Å²) >= 11 is 6.69. The van der Waals surface area contributed by atoms with Crippen molar-refractivity contribution in [3.8, 4) is 0 Å². The molecule has 0 saturated carbocycles. The van der Waals surface area contributed by atoms with Crippen molar-refractivity contribution in [1.29, 1.82) is 0 Å². The Morgan fingerprint density at radius 2 is 2.09 bits per heavy atom. The highest BCUT2D eigenvalue weighted by molar-refractivity contribution is 6.32. The lowest BCUT2D eigenvalue weighted by atomic mass is 9.85. The number of fused-ring (bicyclic) bond motifs is 1. The number of aromatic nitrogens is 2. The Hall–Kier alpha value is -2.58. The monoisotopic (exact) mass is 480 g/mol. The molecule has 0 spiro atoms. The number of aliphatic hydroxyl groups is 1. The molecule has 178 valence electrons. The Bertz CT molecular complexity index is 1180. The van der Waals surface area contributed by atoms with Crippen molar-refractivity contribution < 1.29 is 14.6 Å². The van der Waals surface area contributed by atoms with Gasteiger partial charge in [0.05, 0.1) is 31.3 Å². The van der Waals surface area contributed by atoms with Crippen LogP contribution in [-0.4, -0.2) is 63.8 Å². The molecular weight excluding hydrogens is 452 g/mol. The van der Waals surface area contributed by atoms with Gasteiger partial charge < -0.3 is 15.2 Å². The molecule has 2 aliphatic heterocycles. The maximum atomic E-state index is 12.4. The van der Waals surface area contributed by atoms with E-state index in [1.807, 2.05) is 24.3 Å². The molecule has 5 rings (SSSR count). The van der Waals surface area contributed by atoms with Crippen molar-refractivity contribution in [3.63, 3.8) is 0 Å². The van der Waals surface area contributed by atoms with Crippen LogP contribution >= 0.6 is 11.6 Å². The van der Waals surface area contributed by atoms with Crippen molar-refractivity contribution >= 4 is 34.1 Å². The van der Waals surface area contributed by atoms with Crippen molar-refractivity contribution in [2.75, 3.05) is 31.6 Å². The summed E-state index contributed by atoms with van der Waals surface area (Å²) in [6.45, 7) is 4.84. The first kappa shape index (κ1) is 23.2. The number of nitrogens with zero attached hydrogens (tertiary/aromatic N) is 3. The van der Waals surface area contributed by atoms with Crippen LogP contribution in [-0.2, 0) is 16.0 Å². The molecule has 2 atom stereocenters. The van der Waals surface area contributed by atoms with Crippen LogP contribution in [0.3, 0.4) is 0 Å². The number of carbonyl (C=O) groups excluding carboxylic acids is 1. The van der Waals surface area contributed by atoms with Gasteiger partial charge in [-0.3, -0.25) is 14.7 Å². The van der Waals surface area contributed by atoms with Gasteiger partial charge in [-0.05, 0) is 79.6 Å². The van der Waals surface area contributed by atoms with Crippen LogP contribution in [0.1, 0.15) is 36.8 Å². The third-order valence-corrected chi connectivity index (χ3v) is 7.56. The maximum absolute atomic E-state index is 12.4. The summed E-state index contributed by atoms with van der Waals surface area (Å²) in [6, 6.07) is 9.69. The second kappa shape index (κ2) is 9.58. The van der Waals surface area contributed by atoms with E-state index in [4.69, 9.17) is 16.3 Å². The Kier molecular flexibility index (Phi) is 6.53. The summed E-state index contributed by atoms with van der Waals surface area (Å²) in [5.41, 5.74) is 1.67. The zero-order valence-electron chi connectivity index (χ0n) is 19.2. The number of halogens is 1. The minimum atomic E-state index is -0.451. The second-order valence-corrected chi connectivity index (χ2v) is 9.93. The van der Waals surface area contributed by atoms with Gasteiger partial charge in [-0.25, -0.2) is 4.98 Å². The molecule has 2 N–H and O–H groups in total. The number of rotatable bonds is 5. The van der Waals surface area contributed by atoms with E-state index in [0.717, 1.165) is 52.9 Å². The van der Waals surface area contributed by atoms with Gasteiger partial charge in [0.2, 0.25) is 5.91 Å². The van der Waals surface area contributed by atoms with E-state index in [1.54, 1.807) is 18.6 Å². The number of likely N-dealkylation sites (tertiary alicyclic amines) is 1. The van der Waals surface area contributed by atoms with Crippen LogP contribution < -0.4 is 5.32 Å². The molecule has 0 aliphatic carbocycles. The largest absolute Gasteiger partial charge is 0.389 e. The fourth-order valence-electron chi connectivity index (χ4n) is 5.10. The Labute approximate surface area is 204 Å². The molecule has 8 heteroatoms. The van der Waals surface area contributed by atoms with E-state index < -0.39 is 6.10 Å². The number of carbonyl (C=O) groups is 1. The summed E-state index contributed by atoms with van der Waals surface area (Å²) in [5.74, 6) is 0.730. The van der Waals surface area contributed by atoms with Crippen molar-refractivity contribution in [1.82, 2.24) is 14.9 Å². The summed E-state index contributed by atoms with van der Waals surface area (Å²) < 4.78 is 5.52. The molecule has 3 aromatic rings.